The zero-order chi connectivity index (χ0) is 20.4. The number of carbonyl (C=O) groups excluding carboxylic acids is 2. The number of aromatic amines is 1. The van der Waals surface area contributed by atoms with Gasteiger partial charge in [0.25, 0.3) is 5.56 Å². The van der Waals surface area contributed by atoms with E-state index < -0.39 is 17.3 Å². The Morgan fingerprint density at radius 3 is 2.71 bits per heavy atom. The summed E-state index contributed by atoms with van der Waals surface area (Å²) in [6.45, 7) is 4.00. The number of amides is 2. The van der Waals surface area contributed by atoms with E-state index in [0.29, 0.717) is 22.5 Å². The second kappa shape index (κ2) is 8.22. The second-order valence-corrected chi connectivity index (χ2v) is 8.10. The molecule has 8 nitrogen and oxygen atoms in total. The molecule has 0 saturated carbocycles. The van der Waals surface area contributed by atoms with Gasteiger partial charge in [0, 0.05) is 31.8 Å². The maximum atomic E-state index is 12.8. The lowest BCUT2D eigenvalue weighted by molar-refractivity contribution is -0.143. The van der Waals surface area contributed by atoms with Crippen LogP contribution < -0.4 is 11.2 Å². The predicted octanol–water partition coefficient (Wildman–Crippen LogP) is 0.848. The lowest BCUT2D eigenvalue weighted by atomic mass is 10.2. The highest BCUT2D eigenvalue weighted by molar-refractivity contribution is 7.99. The SMILES string of the molecule is CC(C)N(C)C(=O)[C@H]1CSCN1C(=O)CCn1c(=O)[nH]c(=O)c2ccccc21. The van der Waals surface area contributed by atoms with Crippen LogP contribution in [0.1, 0.15) is 20.3 Å². The van der Waals surface area contributed by atoms with Gasteiger partial charge in [-0.05, 0) is 26.0 Å². The van der Waals surface area contributed by atoms with Crippen LogP contribution >= 0.6 is 11.8 Å². The maximum absolute atomic E-state index is 12.8. The molecule has 28 heavy (non-hydrogen) atoms. The van der Waals surface area contributed by atoms with Crippen LogP contribution in [0.5, 0.6) is 0 Å². The summed E-state index contributed by atoms with van der Waals surface area (Å²) in [6, 6.07) is 6.37. The average Bonchev–Trinajstić information content (AvgIpc) is 3.16. The van der Waals surface area contributed by atoms with E-state index in [-0.39, 0.29) is 30.8 Å². The van der Waals surface area contributed by atoms with Crippen molar-refractivity contribution < 1.29 is 9.59 Å². The first-order chi connectivity index (χ1) is 13.3. The van der Waals surface area contributed by atoms with Gasteiger partial charge in [-0.2, -0.15) is 0 Å². The Kier molecular flexibility index (Phi) is 5.93. The molecule has 0 unspecified atom stereocenters. The number of aryl methyl sites for hydroxylation is 1. The van der Waals surface area contributed by atoms with Crippen LogP contribution in [0.4, 0.5) is 0 Å². The molecule has 1 aliphatic heterocycles. The average molecular weight is 404 g/mol. The Balaban J connectivity index is 1.78. The van der Waals surface area contributed by atoms with E-state index in [4.69, 9.17) is 0 Å². The number of benzene rings is 1. The van der Waals surface area contributed by atoms with Gasteiger partial charge in [0.05, 0.1) is 16.8 Å². The van der Waals surface area contributed by atoms with Crippen molar-refractivity contribution in [1.29, 1.82) is 0 Å². The highest BCUT2D eigenvalue weighted by atomic mass is 32.2. The van der Waals surface area contributed by atoms with E-state index in [1.807, 2.05) is 13.8 Å². The molecule has 1 fully saturated rings. The fourth-order valence-corrected chi connectivity index (χ4v) is 4.37. The third-order valence-electron chi connectivity index (χ3n) is 5.06. The van der Waals surface area contributed by atoms with Gasteiger partial charge in [0.2, 0.25) is 11.8 Å². The summed E-state index contributed by atoms with van der Waals surface area (Å²) in [4.78, 5) is 55.2. The number of hydrogen-bond acceptors (Lipinski definition) is 5. The maximum Gasteiger partial charge on any atom is 0.328 e. The second-order valence-electron chi connectivity index (χ2n) is 7.10. The summed E-state index contributed by atoms with van der Waals surface area (Å²) < 4.78 is 1.40. The van der Waals surface area contributed by atoms with E-state index in [2.05, 4.69) is 4.98 Å². The number of nitrogens with one attached hydrogen (secondary N) is 1. The molecule has 2 aromatic rings. The van der Waals surface area contributed by atoms with Crippen LogP contribution in [0.3, 0.4) is 0 Å². The molecule has 1 aliphatic rings. The molecule has 1 saturated heterocycles. The third-order valence-corrected chi connectivity index (χ3v) is 6.08. The van der Waals surface area contributed by atoms with Gasteiger partial charge < -0.3 is 9.80 Å². The molecule has 0 spiro atoms. The largest absolute Gasteiger partial charge is 0.342 e. The highest BCUT2D eigenvalue weighted by Gasteiger charge is 2.36. The number of aromatic nitrogens is 2. The minimum absolute atomic E-state index is 0.0566. The molecule has 3 rings (SSSR count). The number of para-hydroxylation sites is 1. The summed E-state index contributed by atoms with van der Waals surface area (Å²) in [5.41, 5.74) is -0.493. The Labute approximate surface area is 166 Å². The van der Waals surface area contributed by atoms with Crippen LogP contribution in [0.15, 0.2) is 33.9 Å². The van der Waals surface area contributed by atoms with Crippen LogP contribution in [-0.2, 0) is 16.1 Å². The Hall–Kier alpha value is -2.55. The lowest BCUT2D eigenvalue weighted by Crippen LogP contribution is -2.49. The monoisotopic (exact) mass is 404 g/mol. The molecule has 1 N–H and O–H groups in total. The molecular weight excluding hydrogens is 380 g/mol. The van der Waals surface area contributed by atoms with E-state index in [9.17, 15) is 19.2 Å². The van der Waals surface area contributed by atoms with Crippen molar-refractivity contribution >= 4 is 34.5 Å². The van der Waals surface area contributed by atoms with Crippen molar-refractivity contribution in [2.24, 2.45) is 0 Å². The normalized spacial score (nSPS) is 16.7. The molecule has 1 atom stereocenters. The van der Waals surface area contributed by atoms with Crippen LogP contribution in [-0.4, -0.2) is 61.9 Å². The lowest BCUT2D eigenvalue weighted by Gasteiger charge is -2.29. The molecule has 0 aliphatic carbocycles. The predicted molar refractivity (Wildman–Crippen MR) is 109 cm³/mol. The van der Waals surface area contributed by atoms with Crippen molar-refractivity contribution in [3.8, 4) is 0 Å². The minimum atomic E-state index is -0.542. The zero-order valence-electron chi connectivity index (χ0n) is 16.2. The van der Waals surface area contributed by atoms with Gasteiger partial charge in [-0.3, -0.25) is 23.9 Å². The van der Waals surface area contributed by atoms with Crippen molar-refractivity contribution in [3.05, 3.63) is 45.1 Å². The van der Waals surface area contributed by atoms with Crippen molar-refractivity contribution in [2.75, 3.05) is 18.7 Å². The Morgan fingerprint density at radius 2 is 2.00 bits per heavy atom. The molecule has 0 radical (unpaired) electrons. The number of carbonyl (C=O) groups is 2. The summed E-state index contributed by atoms with van der Waals surface area (Å²) in [7, 11) is 1.74. The fraction of sp³-hybridized carbons (Fsp3) is 0.474. The summed E-state index contributed by atoms with van der Waals surface area (Å²) >= 11 is 1.55. The molecule has 2 heterocycles. The van der Waals surface area contributed by atoms with Crippen LogP contribution in [0, 0.1) is 0 Å². The van der Waals surface area contributed by atoms with Crippen molar-refractivity contribution in [3.63, 3.8) is 0 Å². The van der Waals surface area contributed by atoms with Crippen molar-refractivity contribution in [1.82, 2.24) is 19.4 Å². The Morgan fingerprint density at radius 1 is 1.29 bits per heavy atom. The highest BCUT2D eigenvalue weighted by Crippen LogP contribution is 2.24. The van der Waals surface area contributed by atoms with E-state index in [1.54, 1.807) is 52.9 Å². The van der Waals surface area contributed by atoms with E-state index in [0.717, 1.165) is 0 Å². The third kappa shape index (κ3) is 3.84. The summed E-state index contributed by atoms with van der Waals surface area (Å²) in [6.07, 6.45) is 0.0751. The molecule has 2 amide bonds. The van der Waals surface area contributed by atoms with Crippen LogP contribution in [0.25, 0.3) is 10.9 Å². The van der Waals surface area contributed by atoms with E-state index in [1.165, 1.54) is 4.57 Å². The topological polar surface area (TPSA) is 95.5 Å². The summed E-state index contributed by atoms with van der Waals surface area (Å²) in [5.74, 6) is 0.786. The Bertz CT molecular complexity index is 1010. The first-order valence-corrected chi connectivity index (χ1v) is 10.3. The standard InChI is InChI=1S/C19H24N4O4S/c1-12(2)21(3)18(26)15-10-28-11-23(15)16(24)8-9-22-14-7-5-4-6-13(14)17(25)20-19(22)27/h4-7,12,15H,8-11H2,1-3H3,(H,20,25,27)/t15-/m1/s1. The van der Waals surface area contributed by atoms with Gasteiger partial charge in [0.1, 0.15) is 6.04 Å². The number of H-pyrrole nitrogens is 1. The smallest absolute Gasteiger partial charge is 0.328 e. The molecule has 9 heteroatoms. The van der Waals surface area contributed by atoms with Crippen LogP contribution in [0.2, 0.25) is 0 Å². The number of hydrogen-bond donors (Lipinski definition) is 1. The van der Waals surface area contributed by atoms with E-state index >= 15 is 0 Å². The first-order valence-electron chi connectivity index (χ1n) is 9.17. The quantitative estimate of drug-likeness (QED) is 0.797. The van der Waals surface area contributed by atoms with Crippen molar-refractivity contribution in [2.45, 2.75) is 38.9 Å². The van der Waals surface area contributed by atoms with Gasteiger partial charge in [0.15, 0.2) is 0 Å². The number of rotatable bonds is 5. The first kappa shape index (κ1) is 20.2. The van der Waals surface area contributed by atoms with Gasteiger partial charge in [-0.15, -0.1) is 11.8 Å². The number of likely N-dealkylation sites (N-methyl/N-ethyl adjacent to an activating group) is 1. The molecule has 0 bridgehead atoms. The molecular formula is C19H24N4O4S. The summed E-state index contributed by atoms with van der Waals surface area (Å²) in [5, 5.41) is 0.401. The number of thioether (sulfide) groups is 1. The van der Waals surface area contributed by atoms with Gasteiger partial charge >= 0.3 is 5.69 Å². The fourth-order valence-electron chi connectivity index (χ4n) is 3.20. The number of fused-ring (bicyclic) bond motifs is 1. The zero-order valence-corrected chi connectivity index (χ0v) is 17.0. The molecule has 150 valence electrons. The van der Waals surface area contributed by atoms with Gasteiger partial charge in [-0.25, -0.2) is 4.79 Å². The minimum Gasteiger partial charge on any atom is -0.342 e. The van der Waals surface area contributed by atoms with Gasteiger partial charge in [-0.1, -0.05) is 12.1 Å². The molecule has 1 aromatic carbocycles. The number of nitrogens with zero attached hydrogens (tertiary/aromatic N) is 3. The molecule has 1 aromatic heterocycles.